The van der Waals surface area contributed by atoms with Crippen LogP contribution in [-0.2, 0) is 4.74 Å². The van der Waals surface area contributed by atoms with Gasteiger partial charge >= 0.3 is 6.09 Å². The molecule has 0 aromatic carbocycles. The normalized spacial score (nSPS) is 18.2. The minimum Gasteiger partial charge on any atom is -0.444 e. The molecule has 0 spiro atoms. The summed E-state index contributed by atoms with van der Waals surface area (Å²) in [5, 5.41) is 7.24. The monoisotopic (exact) mass is 332 g/mol. The van der Waals surface area contributed by atoms with Crippen LogP contribution in [0, 0.1) is 13.8 Å². The summed E-state index contributed by atoms with van der Waals surface area (Å²) in [7, 11) is 0. The number of nitrogens with zero attached hydrogens (tertiary/aromatic N) is 5. The first-order valence-electron chi connectivity index (χ1n) is 8.16. The molecule has 1 atom stereocenters. The summed E-state index contributed by atoms with van der Waals surface area (Å²) in [6.45, 7) is 11.1. The van der Waals surface area contributed by atoms with Crippen LogP contribution >= 0.6 is 0 Å². The second-order valence-electron chi connectivity index (χ2n) is 7.20. The van der Waals surface area contributed by atoms with Crippen molar-refractivity contribution in [3.05, 3.63) is 17.6 Å². The van der Waals surface area contributed by atoms with Gasteiger partial charge in [-0.2, -0.15) is 14.6 Å². The summed E-state index contributed by atoms with van der Waals surface area (Å²) in [6.07, 6.45) is 2.00. The van der Waals surface area contributed by atoms with Gasteiger partial charge in [0, 0.05) is 24.3 Å². The smallest absolute Gasteiger partial charge is 0.407 e. The van der Waals surface area contributed by atoms with E-state index in [2.05, 4.69) is 25.3 Å². The summed E-state index contributed by atoms with van der Waals surface area (Å²) in [5.41, 5.74) is 1.52. The van der Waals surface area contributed by atoms with Gasteiger partial charge in [0.1, 0.15) is 17.7 Å². The highest BCUT2D eigenvalue weighted by atomic mass is 16.6. The van der Waals surface area contributed by atoms with Crippen molar-refractivity contribution in [3.8, 4) is 0 Å². The Balaban J connectivity index is 1.76. The summed E-state index contributed by atoms with van der Waals surface area (Å²) >= 11 is 0. The Bertz CT molecular complexity index is 764. The van der Waals surface area contributed by atoms with Gasteiger partial charge < -0.3 is 15.0 Å². The number of aryl methyl sites for hydroxylation is 1. The van der Waals surface area contributed by atoms with Crippen molar-refractivity contribution < 1.29 is 9.53 Å². The lowest BCUT2D eigenvalue weighted by Crippen LogP contribution is -2.40. The minimum atomic E-state index is -0.492. The van der Waals surface area contributed by atoms with Crippen LogP contribution in [0.4, 0.5) is 10.6 Å². The molecule has 3 rings (SSSR count). The van der Waals surface area contributed by atoms with Gasteiger partial charge in [-0.3, -0.25) is 0 Å². The SMILES string of the molecule is Cc1nc2ncnn2c(N2CC[C@@H](NC(=O)OC(C)(C)C)C2)c1C. The zero-order valence-electron chi connectivity index (χ0n) is 14.8. The van der Waals surface area contributed by atoms with Crippen LogP contribution in [0.2, 0.25) is 0 Å². The molecular weight excluding hydrogens is 308 g/mol. The topological polar surface area (TPSA) is 84.7 Å². The molecule has 1 aliphatic rings. The Labute approximate surface area is 141 Å². The second-order valence-corrected chi connectivity index (χ2v) is 7.20. The van der Waals surface area contributed by atoms with Crippen molar-refractivity contribution in [1.29, 1.82) is 0 Å². The van der Waals surface area contributed by atoms with E-state index >= 15 is 0 Å². The van der Waals surface area contributed by atoms with E-state index in [0.29, 0.717) is 12.3 Å². The van der Waals surface area contributed by atoms with Crippen molar-refractivity contribution in [2.45, 2.75) is 52.7 Å². The Hall–Kier alpha value is -2.38. The molecule has 0 radical (unpaired) electrons. The number of hydrogen-bond donors (Lipinski definition) is 1. The molecule has 0 bridgehead atoms. The van der Waals surface area contributed by atoms with E-state index in [4.69, 9.17) is 4.74 Å². The molecular formula is C16H24N6O2. The highest BCUT2D eigenvalue weighted by molar-refractivity contribution is 5.68. The fourth-order valence-electron chi connectivity index (χ4n) is 2.93. The van der Waals surface area contributed by atoms with Crippen LogP contribution < -0.4 is 10.2 Å². The first-order chi connectivity index (χ1) is 11.2. The standard InChI is InChI=1S/C16H24N6O2/c1-10-11(2)19-14-17-9-18-22(14)13(10)21-7-6-12(8-21)20-15(23)24-16(3,4)5/h9,12H,6-8H2,1-5H3,(H,20,23)/t12-/m1/s1. The van der Waals surface area contributed by atoms with E-state index in [1.54, 1.807) is 4.52 Å². The first kappa shape index (κ1) is 16.5. The highest BCUT2D eigenvalue weighted by Gasteiger charge is 2.29. The fourth-order valence-corrected chi connectivity index (χ4v) is 2.93. The summed E-state index contributed by atoms with van der Waals surface area (Å²) < 4.78 is 7.10. The molecule has 1 amide bonds. The first-order valence-corrected chi connectivity index (χ1v) is 8.16. The predicted molar refractivity (Wildman–Crippen MR) is 90.2 cm³/mol. The van der Waals surface area contributed by atoms with Crippen LogP contribution in [0.25, 0.3) is 5.78 Å². The number of alkyl carbamates (subject to hydrolysis) is 1. The molecule has 1 aliphatic heterocycles. The van der Waals surface area contributed by atoms with Crippen LogP contribution in [-0.4, -0.2) is 50.4 Å². The minimum absolute atomic E-state index is 0.0475. The molecule has 2 aromatic heterocycles. The molecule has 2 aromatic rings. The van der Waals surface area contributed by atoms with Crippen molar-refractivity contribution in [3.63, 3.8) is 0 Å². The maximum atomic E-state index is 12.0. The third-order valence-electron chi connectivity index (χ3n) is 4.08. The van der Waals surface area contributed by atoms with Gasteiger partial charge in [-0.1, -0.05) is 0 Å². The molecule has 8 heteroatoms. The second kappa shape index (κ2) is 5.92. The lowest BCUT2D eigenvalue weighted by Gasteiger charge is -2.23. The maximum Gasteiger partial charge on any atom is 0.407 e. The van der Waals surface area contributed by atoms with E-state index in [0.717, 1.165) is 30.0 Å². The Morgan fingerprint density at radius 1 is 1.38 bits per heavy atom. The largest absolute Gasteiger partial charge is 0.444 e. The lowest BCUT2D eigenvalue weighted by atomic mass is 10.2. The number of carbonyl (C=O) groups excluding carboxylic acids is 1. The maximum absolute atomic E-state index is 12.0. The number of nitrogens with one attached hydrogen (secondary N) is 1. The number of fused-ring (bicyclic) bond motifs is 1. The van der Waals surface area contributed by atoms with Gasteiger partial charge in [0.05, 0.1) is 6.04 Å². The molecule has 130 valence electrons. The van der Waals surface area contributed by atoms with Crippen LogP contribution in [0.1, 0.15) is 38.4 Å². The number of carbonyl (C=O) groups is 1. The predicted octanol–water partition coefficient (Wildman–Crippen LogP) is 1.84. The van der Waals surface area contributed by atoms with E-state index in [1.165, 1.54) is 6.33 Å². The van der Waals surface area contributed by atoms with E-state index in [9.17, 15) is 4.79 Å². The van der Waals surface area contributed by atoms with E-state index in [1.807, 2.05) is 34.6 Å². The number of ether oxygens (including phenoxy) is 1. The molecule has 0 aliphatic carbocycles. The quantitative estimate of drug-likeness (QED) is 0.903. The molecule has 1 N–H and O–H groups in total. The fraction of sp³-hybridized carbons (Fsp3) is 0.625. The van der Waals surface area contributed by atoms with Crippen molar-refractivity contribution >= 4 is 17.7 Å². The van der Waals surface area contributed by atoms with Gasteiger partial charge in [-0.05, 0) is 41.0 Å². The van der Waals surface area contributed by atoms with Crippen molar-refractivity contribution in [1.82, 2.24) is 24.9 Å². The van der Waals surface area contributed by atoms with Gasteiger partial charge in [0.2, 0.25) is 0 Å². The molecule has 1 saturated heterocycles. The average molecular weight is 332 g/mol. The molecule has 0 unspecified atom stereocenters. The zero-order valence-corrected chi connectivity index (χ0v) is 14.8. The Morgan fingerprint density at radius 3 is 2.83 bits per heavy atom. The van der Waals surface area contributed by atoms with Gasteiger partial charge in [0.15, 0.2) is 0 Å². The number of hydrogen-bond acceptors (Lipinski definition) is 6. The molecule has 1 fully saturated rings. The highest BCUT2D eigenvalue weighted by Crippen LogP contribution is 2.26. The van der Waals surface area contributed by atoms with Crippen LogP contribution in [0.5, 0.6) is 0 Å². The van der Waals surface area contributed by atoms with Gasteiger partial charge in [0.25, 0.3) is 5.78 Å². The number of aromatic nitrogens is 4. The van der Waals surface area contributed by atoms with Crippen molar-refractivity contribution in [2.75, 3.05) is 18.0 Å². The molecule has 8 nitrogen and oxygen atoms in total. The third kappa shape index (κ3) is 3.27. The van der Waals surface area contributed by atoms with Crippen LogP contribution in [0.15, 0.2) is 6.33 Å². The molecule has 24 heavy (non-hydrogen) atoms. The zero-order chi connectivity index (χ0) is 17.5. The summed E-state index contributed by atoms with van der Waals surface area (Å²) in [5.74, 6) is 1.58. The molecule has 3 heterocycles. The lowest BCUT2D eigenvalue weighted by molar-refractivity contribution is 0.0509. The third-order valence-corrected chi connectivity index (χ3v) is 4.08. The van der Waals surface area contributed by atoms with Crippen molar-refractivity contribution in [2.24, 2.45) is 0 Å². The van der Waals surface area contributed by atoms with E-state index in [-0.39, 0.29) is 12.1 Å². The van der Waals surface area contributed by atoms with E-state index < -0.39 is 5.60 Å². The summed E-state index contributed by atoms with van der Waals surface area (Å²) in [4.78, 5) is 22.8. The summed E-state index contributed by atoms with van der Waals surface area (Å²) in [6, 6.07) is 0.0475. The van der Waals surface area contributed by atoms with Crippen LogP contribution in [0.3, 0.4) is 0 Å². The average Bonchev–Trinajstić information content (AvgIpc) is 3.07. The number of amides is 1. The Morgan fingerprint density at radius 2 is 2.12 bits per heavy atom. The molecule has 0 saturated carbocycles. The van der Waals surface area contributed by atoms with Gasteiger partial charge in [-0.25, -0.2) is 9.78 Å². The Kier molecular flexibility index (Phi) is 4.06. The number of rotatable bonds is 2. The van der Waals surface area contributed by atoms with Gasteiger partial charge in [-0.15, -0.1) is 0 Å². The number of anilines is 1.